The molecule has 2 aliphatic carbocycles. The van der Waals surface area contributed by atoms with Gasteiger partial charge in [0.2, 0.25) is 5.91 Å². The van der Waals surface area contributed by atoms with Crippen LogP contribution in [0.15, 0.2) is 0 Å². The number of hydrogen-bond acceptors (Lipinski definition) is 3. The van der Waals surface area contributed by atoms with Gasteiger partial charge in [-0.25, -0.2) is 0 Å². The normalized spacial score (nSPS) is 29.1. The Balaban J connectivity index is 1.66. The van der Waals surface area contributed by atoms with Crippen LogP contribution in [0.2, 0.25) is 0 Å². The van der Waals surface area contributed by atoms with Gasteiger partial charge in [0.15, 0.2) is 0 Å². The molecular formula is C15H28N2O2. The second kappa shape index (κ2) is 5.80. The molecule has 2 fully saturated rings. The first kappa shape index (κ1) is 14.8. The molecular weight excluding hydrogens is 240 g/mol. The van der Waals surface area contributed by atoms with Crippen molar-refractivity contribution in [2.24, 2.45) is 11.3 Å². The lowest BCUT2D eigenvalue weighted by atomic mass is 9.64. The van der Waals surface area contributed by atoms with Gasteiger partial charge in [-0.1, -0.05) is 27.7 Å². The SMILES string of the molecule is CC(C)COC1CC(NCC(=O)NC2CC2)C1(C)C. The predicted octanol–water partition coefficient (Wildman–Crippen LogP) is 1.69. The largest absolute Gasteiger partial charge is 0.377 e. The van der Waals surface area contributed by atoms with E-state index in [4.69, 9.17) is 4.74 Å². The highest BCUT2D eigenvalue weighted by molar-refractivity contribution is 5.78. The molecule has 0 spiro atoms. The van der Waals surface area contributed by atoms with Crippen LogP contribution in [0.3, 0.4) is 0 Å². The van der Waals surface area contributed by atoms with E-state index in [0.717, 1.165) is 25.9 Å². The summed E-state index contributed by atoms with van der Waals surface area (Å²) in [5.74, 6) is 0.706. The minimum atomic E-state index is 0.120. The molecule has 0 bridgehead atoms. The molecule has 110 valence electrons. The third-order valence-corrected chi connectivity index (χ3v) is 4.26. The molecule has 2 saturated carbocycles. The maximum Gasteiger partial charge on any atom is 0.234 e. The molecule has 2 N–H and O–H groups in total. The quantitative estimate of drug-likeness (QED) is 0.739. The van der Waals surface area contributed by atoms with Crippen molar-refractivity contribution in [3.63, 3.8) is 0 Å². The van der Waals surface area contributed by atoms with E-state index in [0.29, 0.717) is 30.7 Å². The van der Waals surface area contributed by atoms with E-state index in [9.17, 15) is 4.79 Å². The molecule has 4 heteroatoms. The summed E-state index contributed by atoms with van der Waals surface area (Å²) in [6.45, 7) is 10.0. The van der Waals surface area contributed by atoms with Crippen LogP contribution in [0.4, 0.5) is 0 Å². The standard InChI is InChI=1S/C15H28N2O2/c1-10(2)9-19-13-7-12(15(13,3)4)16-8-14(18)17-11-5-6-11/h10-13,16H,5-9H2,1-4H3,(H,17,18). The number of carbonyl (C=O) groups is 1. The first-order chi connectivity index (χ1) is 8.89. The number of carbonyl (C=O) groups excluding carboxylic acids is 1. The smallest absolute Gasteiger partial charge is 0.234 e. The van der Waals surface area contributed by atoms with Crippen molar-refractivity contribution in [3.8, 4) is 0 Å². The van der Waals surface area contributed by atoms with E-state index in [-0.39, 0.29) is 11.3 Å². The van der Waals surface area contributed by atoms with Gasteiger partial charge in [-0.3, -0.25) is 4.79 Å². The molecule has 2 atom stereocenters. The van der Waals surface area contributed by atoms with E-state index in [1.807, 2.05) is 0 Å². The number of ether oxygens (including phenoxy) is 1. The van der Waals surface area contributed by atoms with Gasteiger partial charge in [0.25, 0.3) is 0 Å². The molecule has 2 rings (SSSR count). The van der Waals surface area contributed by atoms with Gasteiger partial charge in [-0.15, -0.1) is 0 Å². The van der Waals surface area contributed by atoms with E-state index in [1.54, 1.807) is 0 Å². The highest BCUT2D eigenvalue weighted by atomic mass is 16.5. The average Bonchev–Trinajstić information content (AvgIpc) is 3.10. The zero-order chi connectivity index (χ0) is 14.0. The van der Waals surface area contributed by atoms with Gasteiger partial charge < -0.3 is 15.4 Å². The Morgan fingerprint density at radius 2 is 2.05 bits per heavy atom. The maximum absolute atomic E-state index is 11.6. The Morgan fingerprint density at radius 1 is 1.37 bits per heavy atom. The number of rotatable bonds is 7. The van der Waals surface area contributed by atoms with Crippen molar-refractivity contribution in [1.29, 1.82) is 0 Å². The fraction of sp³-hybridized carbons (Fsp3) is 0.933. The minimum absolute atomic E-state index is 0.120. The summed E-state index contributed by atoms with van der Waals surface area (Å²) in [6, 6.07) is 0.834. The molecule has 4 nitrogen and oxygen atoms in total. The Bertz CT molecular complexity index is 324. The molecule has 0 heterocycles. The fourth-order valence-electron chi connectivity index (χ4n) is 2.55. The van der Waals surface area contributed by atoms with Gasteiger partial charge in [0, 0.05) is 24.1 Å². The van der Waals surface area contributed by atoms with Crippen LogP contribution < -0.4 is 10.6 Å². The monoisotopic (exact) mass is 268 g/mol. The van der Waals surface area contributed by atoms with Crippen molar-refractivity contribution >= 4 is 5.91 Å². The molecule has 0 aliphatic heterocycles. The van der Waals surface area contributed by atoms with E-state index in [1.165, 1.54) is 0 Å². The van der Waals surface area contributed by atoms with E-state index >= 15 is 0 Å². The van der Waals surface area contributed by atoms with Crippen LogP contribution in [0.5, 0.6) is 0 Å². The Kier molecular flexibility index (Phi) is 4.51. The maximum atomic E-state index is 11.6. The summed E-state index contributed by atoms with van der Waals surface area (Å²) >= 11 is 0. The molecule has 0 aromatic carbocycles. The van der Waals surface area contributed by atoms with Gasteiger partial charge >= 0.3 is 0 Å². The second-order valence-corrected chi connectivity index (χ2v) is 7.05. The first-order valence-electron chi connectivity index (χ1n) is 7.54. The lowest BCUT2D eigenvalue weighted by molar-refractivity contribution is -0.130. The molecule has 0 radical (unpaired) electrons. The highest BCUT2D eigenvalue weighted by Crippen LogP contribution is 2.42. The van der Waals surface area contributed by atoms with E-state index in [2.05, 4.69) is 38.3 Å². The average molecular weight is 268 g/mol. The Hall–Kier alpha value is -0.610. The predicted molar refractivity (Wildman–Crippen MR) is 75.9 cm³/mol. The molecule has 19 heavy (non-hydrogen) atoms. The fourth-order valence-corrected chi connectivity index (χ4v) is 2.55. The van der Waals surface area contributed by atoms with Crippen LogP contribution in [0, 0.1) is 11.3 Å². The third-order valence-electron chi connectivity index (χ3n) is 4.26. The Labute approximate surface area is 116 Å². The molecule has 0 aromatic rings. The van der Waals surface area contributed by atoms with Crippen LogP contribution in [0.25, 0.3) is 0 Å². The summed E-state index contributed by atoms with van der Waals surface area (Å²) in [6.07, 6.45) is 3.62. The highest BCUT2D eigenvalue weighted by Gasteiger charge is 2.48. The molecule has 1 amide bonds. The van der Waals surface area contributed by atoms with Crippen molar-refractivity contribution in [2.75, 3.05) is 13.2 Å². The first-order valence-corrected chi connectivity index (χ1v) is 7.54. The summed E-state index contributed by atoms with van der Waals surface area (Å²) in [5, 5.41) is 6.37. The summed E-state index contributed by atoms with van der Waals surface area (Å²) in [7, 11) is 0. The topological polar surface area (TPSA) is 50.4 Å². The summed E-state index contributed by atoms with van der Waals surface area (Å²) in [4.78, 5) is 11.6. The number of hydrogen-bond donors (Lipinski definition) is 2. The van der Waals surface area contributed by atoms with Crippen molar-refractivity contribution < 1.29 is 9.53 Å². The lowest BCUT2D eigenvalue weighted by Gasteiger charge is -2.52. The van der Waals surface area contributed by atoms with Gasteiger partial charge in [-0.05, 0) is 25.2 Å². The van der Waals surface area contributed by atoms with E-state index < -0.39 is 0 Å². The molecule has 2 unspecified atom stereocenters. The van der Waals surface area contributed by atoms with Gasteiger partial charge in [0.1, 0.15) is 0 Å². The second-order valence-electron chi connectivity index (χ2n) is 7.05. The molecule has 0 aromatic heterocycles. The number of amides is 1. The third kappa shape index (κ3) is 3.93. The van der Waals surface area contributed by atoms with Crippen LogP contribution >= 0.6 is 0 Å². The lowest BCUT2D eigenvalue weighted by Crippen LogP contribution is -2.62. The number of nitrogens with one attached hydrogen (secondary N) is 2. The van der Waals surface area contributed by atoms with Gasteiger partial charge in [-0.2, -0.15) is 0 Å². The van der Waals surface area contributed by atoms with Crippen molar-refractivity contribution in [2.45, 2.75) is 65.1 Å². The molecule has 0 saturated heterocycles. The van der Waals surface area contributed by atoms with Gasteiger partial charge in [0.05, 0.1) is 12.6 Å². The summed E-state index contributed by atoms with van der Waals surface area (Å²) in [5.41, 5.74) is 0.120. The summed E-state index contributed by atoms with van der Waals surface area (Å²) < 4.78 is 5.93. The van der Waals surface area contributed by atoms with Crippen molar-refractivity contribution in [1.82, 2.24) is 10.6 Å². The van der Waals surface area contributed by atoms with Crippen molar-refractivity contribution in [3.05, 3.63) is 0 Å². The van der Waals surface area contributed by atoms with Crippen LogP contribution in [-0.2, 0) is 9.53 Å². The zero-order valence-corrected chi connectivity index (χ0v) is 12.7. The molecule has 2 aliphatic rings. The zero-order valence-electron chi connectivity index (χ0n) is 12.7. The Morgan fingerprint density at radius 3 is 2.58 bits per heavy atom. The van der Waals surface area contributed by atoms with Crippen LogP contribution in [-0.4, -0.2) is 37.2 Å². The van der Waals surface area contributed by atoms with Crippen LogP contribution in [0.1, 0.15) is 47.0 Å². The minimum Gasteiger partial charge on any atom is -0.377 e.